The molecule has 1 heterocycles. The Kier molecular flexibility index (Phi) is 4.62. The number of benzene rings is 2. The molecular formula is C19H20F2N2O. The number of hydrogen-bond acceptors (Lipinski definition) is 2. The summed E-state index contributed by atoms with van der Waals surface area (Å²) in [4.78, 5) is 14.3. The molecule has 0 spiro atoms. The van der Waals surface area contributed by atoms with E-state index in [1.54, 1.807) is 30.0 Å². The van der Waals surface area contributed by atoms with Gasteiger partial charge in [0.1, 0.15) is 11.6 Å². The molecule has 2 N–H and O–H groups in total. The summed E-state index contributed by atoms with van der Waals surface area (Å²) < 4.78 is 27.8. The Morgan fingerprint density at radius 1 is 1.21 bits per heavy atom. The molecule has 0 bridgehead atoms. The summed E-state index contributed by atoms with van der Waals surface area (Å²) in [5.74, 6) is -1.03. The van der Waals surface area contributed by atoms with Gasteiger partial charge in [-0.2, -0.15) is 0 Å². The van der Waals surface area contributed by atoms with Crippen molar-refractivity contribution < 1.29 is 13.6 Å². The zero-order chi connectivity index (χ0) is 17.3. The van der Waals surface area contributed by atoms with Crippen LogP contribution in [0, 0.1) is 18.6 Å². The van der Waals surface area contributed by atoms with Crippen LogP contribution in [0.4, 0.5) is 8.78 Å². The van der Waals surface area contributed by atoms with Gasteiger partial charge in [0.05, 0.1) is 0 Å². The molecule has 2 aromatic carbocycles. The molecule has 2 aromatic rings. The van der Waals surface area contributed by atoms with E-state index < -0.39 is 5.82 Å². The third kappa shape index (κ3) is 3.04. The molecule has 1 aliphatic heterocycles. The van der Waals surface area contributed by atoms with E-state index >= 15 is 0 Å². The van der Waals surface area contributed by atoms with Crippen molar-refractivity contribution in [3.05, 3.63) is 59.2 Å². The highest BCUT2D eigenvalue weighted by Gasteiger charge is 2.28. The van der Waals surface area contributed by atoms with E-state index in [0.29, 0.717) is 35.3 Å². The van der Waals surface area contributed by atoms with Gasteiger partial charge in [-0.25, -0.2) is 8.78 Å². The SMILES string of the molecule is Cc1cc(F)ccc1-c1ccc(C(=O)N2CCCC2CN)cc1F. The number of aryl methyl sites for hydroxylation is 1. The van der Waals surface area contributed by atoms with Crippen molar-refractivity contribution in [2.75, 3.05) is 13.1 Å². The number of hydrogen-bond donors (Lipinski definition) is 1. The van der Waals surface area contributed by atoms with Gasteiger partial charge in [-0.1, -0.05) is 12.1 Å². The van der Waals surface area contributed by atoms with Gasteiger partial charge in [0.15, 0.2) is 0 Å². The van der Waals surface area contributed by atoms with E-state index in [9.17, 15) is 13.6 Å². The fourth-order valence-electron chi connectivity index (χ4n) is 3.31. The number of likely N-dealkylation sites (tertiary alicyclic amines) is 1. The minimum atomic E-state index is -0.487. The lowest BCUT2D eigenvalue weighted by molar-refractivity contribution is 0.0740. The minimum Gasteiger partial charge on any atom is -0.334 e. The van der Waals surface area contributed by atoms with Crippen LogP contribution >= 0.6 is 0 Å². The lowest BCUT2D eigenvalue weighted by Crippen LogP contribution is -2.39. The number of nitrogens with two attached hydrogens (primary N) is 1. The number of amides is 1. The van der Waals surface area contributed by atoms with Crippen molar-refractivity contribution in [3.8, 4) is 11.1 Å². The van der Waals surface area contributed by atoms with Gasteiger partial charge in [0.2, 0.25) is 0 Å². The van der Waals surface area contributed by atoms with E-state index in [1.807, 2.05) is 0 Å². The van der Waals surface area contributed by atoms with Crippen LogP contribution in [-0.2, 0) is 0 Å². The fourth-order valence-corrected chi connectivity index (χ4v) is 3.31. The second-order valence-electron chi connectivity index (χ2n) is 6.18. The lowest BCUT2D eigenvalue weighted by atomic mass is 9.98. The number of carbonyl (C=O) groups excluding carboxylic acids is 1. The van der Waals surface area contributed by atoms with Crippen LogP contribution in [0.15, 0.2) is 36.4 Å². The Hall–Kier alpha value is -2.27. The van der Waals surface area contributed by atoms with Crippen molar-refractivity contribution in [1.29, 1.82) is 0 Å². The van der Waals surface area contributed by atoms with Gasteiger partial charge < -0.3 is 10.6 Å². The number of rotatable bonds is 3. The second kappa shape index (κ2) is 6.69. The Balaban J connectivity index is 1.91. The number of nitrogens with zero attached hydrogens (tertiary/aromatic N) is 1. The first-order valence-electron chi connectivity index (χ1n) is 8.08. The first kappa shape index (κ1) is 16.6. The molecule has 0 radical (unpaired) electrons. The van der Waals surface area contributed by atoms with E-state index in [4.69, 9.17) is 5.73 Å². The molecule has 1 unspecified atom stereocenters. The summed E-state index contributed by atoms with van der Waals surface area (Å²) >= 11 is 0. The van der Waals surface area contributed by atoms with Crippen LogP contribution in [0.5, 0.6) is 0 Å². The molecule has 1 saturated heterocycles. The molecular weight excluding hydrogens is 310 g/mol. The third-order valence-electron chi connectivity index (χ3n) is 4.60. The molecule has 3 nitrogen and oxygen atoms in total. The summed E-state index contributed by atoms with van der Waals surface area (Å²) in [5, 5.41) is 0. The normalized spacial score (nSPS) is 17.3. The van der Waals surface area contributed by atoms with Crippen LogP contribution in [0.25, 0.3) is 11.1 Å². The van der Waals surface area contributed by atoms with Crippen LogP contribution in [0.1, 0.15) is 28.8 Å². The third-order valence-corrected chi connectivity index (χ3v) is 4.60. The molecule has 0 saturated carbocycles. The molecule has 5 heteroatoms. The maximum absolute atomic E-state index is 14.6. The van der Waals surface area contributed by atoms with Crippen molar-refractivity contribution in [3.63, 3.8) is 0 Å². The molecule has 126 valence electrons. The monoisotopic (exact) mass is 330 g/mol. The summed E-state index contributed by atoms with van der Waals surface area (Å²) in [6, 6.07) is 8.70. The standard InChI is InChI=1S/C19H20F2N2O/c1-12-9-14(20)5-7-16(12)17-6-4-13(10-18(17)21)19(24)23-8-2-3-15(23)11-22/h4-7,9-10,15H,2-3,8,11,22H2,1H3. The van der Waals surface area contributed by atoms with E-state index in [-0.39, 0.29) is 17.8 Å². The Labute approximate surface area is 140 Å². The van der Waals surface area contributed by atoms with Gasteiger partial charge >= 0.3 is 0 Å². The molecule has 0 aliphatic carbocycles. The van der Waals surface area contributed by atoms with Gasteiger partial charge in [0, 0.05) is 30.3 Å². The summed E-state index contributed by atoms with van der Waals surface area (Å²) in [6.45, 7) is 2.80. The predicted molar refractivity (Wildman–Crippen MR) is 89.6 cm³/mol. The summed E-state index contributed by atoms with van der Waals surface area (Å²) in [6.07, 6.45) is 1.81. The van der Waals surface area contributed by atoms with Crippen molar-refractivity contribution in [2.24, 2.45) is 5.73 Å². The highest BCUT2D eigenvalue weighted by Crippen LogP contribution is 2.28. The quantitative estimate of drug-likeness (QED) is 0.936. The first-order chi connectivity index (χ1) is 11.5. The minimum absolute atomic E-state index is 0.0274. The van der Waals surface area contributed by atoms with Crippen LogP contribution < -0.4 is 5.73 Å². The van der Waals surface area contributed by atoms with Crippen molar-refractivity contribution >= 4 is 5.91 Å². The Morgan fingerprint density at radius 3 is 2.62 bits per heavy atom. The first-order valence-corrected chi connectivity index (χ1v) is 8.08. The van der Waals surface area contributed by atoms with Gasteiger partial charge in [-0.05, 0) is 55.2 Å². The summed E-state index contributed by atoms with van der Waals surface area (Å²) in [7, 11) is 0. The van der Waals surface area contributed by atoms with E-state index in [0.717, 1.165) is 12.8 Å². The zero-order valence-electron chi connectivity index (χ0n) is 13.6. The van der Waals surface area contributed by atoms with E-state index in [2.05, 4.69) is 0 Å². The highest BCUT2D eigenvalue weighted by molar-refractivity contribution is 5.95. The molecule has 0 aromatic heterocycles. The zero-order valence-corrected chi connectivity index (χ0v) is 13.6. The van der Waals surface area contributed by atoms with Crippen molar-refractivity contribution in [2.45, 2.75) is 25.8 Å². The molecule has 1 amide bonds. The largest absolute Gasteiger partial charge is 0.334 e. The predicted octanol–water partition coefficient (Wildman–Crippen LogP) is 3.50. The lowest BCUT2D eigenvalue weighted by Gasteiger charge is -2.23. The van der Waals surface area contributed by atoms with Crippen molar-refractivity contribution in [1.82, 2.24) is 4.90 Å². The Morgan fingerprint density at radius 2 is 1.96 bits per heavy atom. The number of halogens is 2. The average molecular weight is 330 g/mol. The maximum Gasteiger partial charge on any atom is 0.254 e. The van der Waals surface area contributed by atoms with Crippen LogP contribution in [0.3, 0.4) is 0 Å². The topological polar surface area (TPSA) is 46.3 Å². The molecule has 3 rings (SSSR count). The average Bonchev–Trinajstić information content (AvgIpc) is 3.03. The highest BCUT2D eigenvalue weighted by atomic mass is 19.1. The molecule has 1 fully saturated rings. The molecule has 24 heavy (non-hydrogen) atoms. The van der Waals surface area contributed by atoms with Gasteiger partial charge in [0.25, 0.3) is 5.91 Å². The number of carbonyl (C=O) groups is 1. The molecule has 1 aliphatic rings. The second-order valence-corrected chi connectivity index (χ2v) is 6.18. The van der Waals surface area contributed by atoms with Crippen LogP contribution in [-0.4, -0.2) is 29.9 Å². The smallest absolute Gasteiger partial charge is 0.254 e. The summed E-state index contributed by atoms with van der Waals surface area (Å²) in [5.41, 5.74) is 7.65. The van der Waals surface area contributed by atoms with E-state index in [1.165, 1.54) is 18.2 Å². The fraction of sp³-hybridized carbons (Fsp3) is 0.316. The van der Waals surface area contributed by atoms with Gasteiger partial charge in [-0.15, -0.1) is 0 Å². The van der Waals surface area contributed by atoms with Crippen LogP contribution in [0.2, 0.25) is 0 Å². The Bertz CT molecular complexity index is 776. The van der Waals surface area contributed by atoms with Gasteiger partial charge in [-0.3, -0.25) is 4.79 Å². The maximum atomic E-state index is 14.6. The molecule has 1 atom stereocenters.